The van der Waals surface area contributed by atoms with Crippen molar-refractivity contribution in [3.63, 3.8) is 0 Å². The number of carbonyl (C=O) groups excluding carboxylic acids is 1. The molecule has 3 nitrogen and oxygen atoms in total. The quantitative estimate of drug-likeness (QED) is 0.751. The van der Waals surface area contributed by atoms with Gasteiger partial charge in [0.1, 0.15) is 5.75 Å². The standard InChI is InChI=1S/C14H14O3/c1-17-13(16)11-5-7-14(11)6-4-9-2-3-10(15)8-12(9)14/h2-3,5,8,15H,4,6-7H2,1H3/t14-/m0/s1. The molecule has 1 atom stereocenters. The van der Waals surface area contributed by atoms with E-state index in [0.29, 0.717) is 0 Å². The van der Waals surface area contributed by atoms with Gasteiger partial charge in [0.15, 0.2) is 0 Å². The Kier molecular flexibility index (Phi) is 2.05. The molecule has 3 heteroatoms. The summed E-state index contributed by atoms with van der Waals surface area (Å²) in [6.45, 7) is 0. The van der Waals surface area contributed by atoms with E-state index in [2.05, 4.69) is 0 Å². The fourth-order valence-corrected chi connectivity index (χ4v) is 3.04. The van der Waals surface area contributed by atoms with Crippen LogP contribution < -0.4 is 0 Å². The normalized spacial score (nSPS) is 25.1. The van der Waals surface area contributed by atoms with Crippen LogP contribution in [0.4, 0.5) is 0 Å². The second-order valence-corrected chi connectivity index (χ2v) is 4.74. The van der Waals surface area contributed by atoms with E-state index in [4.69, 9.17) is 4.74 Å². The number of phenols is 1. The van der Waals surface area contributed by atoms with Crippen LogP contribution in [0.1, 0.15) is 24.0 Å². The van der Waals surface area contributed by atoms with Gasteiger partial charge in [-0.1, -0.05) is 12.1 Å². The van der Waals surface area contributed by atoms with Gasteiger partial charge in [0.2, 0.25) is 0 Å². The first-order chi connectivity index (χ1) is 8.17. The lowest BCUT2D eigenvalue weighted by Crippen LogP contribution is -2.36. The third kappa shape index (κ3) is 1.25. The maximum absolute atomic E-state index is 11.7. The van der Waals surface area contributed by atoms with Gasteiger partial charge < -0.3 is 9.84 Å². The Hall–Kier alpha value is -1.77. The Morgan fingerprint density at radius 1 is 1.47 bits per heavy atom. The summed E-state index contributed by atoms with van der Waals surface area (Å²) < 4.78 is 4.82. The molecular weight excluding hydrogens is 216 g/mol. The van der Waals surface area contributed by atoms with Crippen LogP contribution in [0.2, 0.25) is 0 Å². The maximum Gasteiger partial charge on any atom is 0.334 e. The van der Waals surface area contributed by atoms with Crippen molar-refractivity contribution < 1.29 is 14.6 Å². The predicted octanol–water partition coefficient (Wildman–Crippen LogP) is 2.08. The number of aromatic hydroxyl groups is 1. The monoisotopic (exact) mass is 230 g/mol. The van der Waals surface area contributed by atoms with E-state index in [-0.39, 0.29) is 17.1 Å². The zero-order chi connectivity index (χ0) is 12.0. The average Bonchev–Trinajstić information content (AvgIpc) is 2.68. The molecule has 0 bridgehead atoms. The highest BCUT2D eigenvalue weighted by Gasteiger charge is 2.49. The van der Waals surface area contributed by atoms with E-state index in [9.17, 15) is 9.90 Å². The number of esters is 1. The van der Waals surface area contributed by atoms with Crippen molar-refractivity contribution in [2.75, 3.05) is 7.11 Å². The molecule has 1 aromatic rings. The highest BCUT2D eigenvalue weighted by Crippen LogP contribution is 2.53. The van der Waals surface area contributed by atoms with Gasteiger partial charge in [-0.3, -0.25) is 0 Å². The molecule has 0 aromatic heterocycles. The number of aryl methyl sites for hydroxylation is 1. The summed E-state index contributed by atoms with van der Waals surface area (Å²) in [6.07, 6.45) is 4.70. The van der Waals surface area contributed by atoms with Crippen molar-refractivity contribution in [2.45, 2.75) is 24.7 Å². The molecule has 0 aliphatic heterocycles. The Bertz CT molecular complexity index is 530. The van der Waals surface area contributed by atoms with Crippen LogP contribution in [0, 0.1) is 0 Å². The van der Waals surface area contributed by atoms with E-state index in [1.165, 1.54) is 12.7 Å². The third-order valence-corrected chi connectivity index (χ3v) is 4.01. The second kappa shape index (κ2) is 3.36. The van der Waals surface area contributed by atoms with Gasteiger partial charge in [-0.15, -0.1) is 0 Å². The number of allylic oxidation sites excluding steroid dienone is 1. The van der Waals surface area contributed by atoms with Gasteiger partial charge in [-0.05, 0) is 42.5 Å². The average molecular weight is 230 g/mol. The molecule has 2 aliphatic carbocycles. The number of methoxy groups -OCH3 is 1. The Morgan fingerprint density at radius 2 is 2.29 bits per heavy atom. The van der Waals surface area contributed by atoms with Crippen molar-refractivity contribution in [1.82, 2.24) is 0 Å². The fraction of sp³-hybridized carbons (Fsp3) is 0.357. The Morgan fingerprint density at radius 3 is 2.94 bits per heavy atom. The molecule has 1 spiro atoms. The molecule has 3 rings (SSSR count). The first-order valence-electron chi connectivity index (χ1n) is 5.79. The van der Waals surface area contributed by atoms with Crippen LogP contribution in [0.3, 0.4) is 0 Å². The molecule has 17 heavy (non-hydrogen) atoms. The lowest BCUT2D eigenvalue weighted by atomic mass is 9.65. The van der Waals surface area contributed by atoms with Crippen LogP contribution in [0.5, 0.6) is 5.75 Å². The topological polar surface area (TPSA) is 46.5 Å². The van der Waals surface area contributed by atoms with Crippen LogP contribution >= 0.6 is 0 Å². The summed E-state index contributed by atoms with van der Waals surface area (Å²) in [4.78, 5) is 11.7. The highest BCUT2D eigenvalue weighted by atomic mass is 16.5. The second-order valence-electron chi connectivity index (χ2n) is 4.74. The Balaban J connectivity index is 2.07. The molecule has 0 fully saturated rings. The van der Waals surface area contributed by atoms with E-state index in [1.807, 2.05) is 12.1 Å². The van der Waals surface area contributed by atoms with E-state index >= 15 is 0 Å². The number of ether oxygens (including phenoxy) is 1. The predicted molar refractivity (Wildman–Crippen MR) is 62.8 cm³/mol. The lowest BCUT2D eigenvalue weighted by molar-refractivity contribution is -0.137. The minimum absolute atomic E-state index is 0.193. The molecule has 0 saturated carbocycles. The van der Waals surface area contributed by atoms with E-state index in [1.54, 1.807) is 12.1 Å². The zero-order valence-corrected chi connectivity index (χ0v) is 9.69. The lowest BCUT2D eigenvalue weighted by Gasteiger charge is -2.38. The van der Waals surface area contributed by atoms with E-state index < -0.39 is 0 Å². The SMILES string of the molecule is COC(=O)C1=CC[C@@]12CCc1ccc(O)cc12. The summed E-state index contributed by atoms with van der Waals surface area (Å²) in [5.41, 5.74) is 2.89. The largest absolute Gasteiger partial charge is 0.508 e. The molecule has 1 aromatic carbocycles. The number of carbonyl (C=O) groups is 1. The van der Waals surface area contributed by atoms with Gasteiger partial charge in [0.05, 0.1) is 7.11 Å². The first kappa shape index (κ1) is 10.4. The molecule has 2 aliphatic rings. The van der Waals surface area contributed by atoms with Crippen LogP contribution in [-0.2, 0) is 21.4 Å². The highest BCUT2D eigenvalue weighted by molar-refractivity contribution is 5.94. The number of hydrogen-bond donors (Lipinski definition) is 1. The molecular formula is C14H14O3. The molecule has 1 N–H and O–H groups in total. The summed E-state index contributed by atoms with van der Waals surface area (Å²) in [5, 5.41) is 9.59. The van der Waals surface area contributed by atoms with Gasteiger partial charge in [-0.2, -0.15) is 0 Å². The molecule has 0 amide bonds. The molecule has 0 unspecified atom stereocenters. The van der Waals surface area contributed by atoms with Gasteiger partial charge in [-0.25, -0.2) is 4.79 Å². The van der Waals surface area contributed by atoms with Crippen molar-refractivity contribution in [2.24, 2.45) is 0 Å². The third-order valence-electron chi connectivity index (χ3n) is 4.01. The van der Waals surface area contributed by atoms with Crippen LogP contribution in [0.25, 0.3) is 0 Å². The van der Waals surface area contributed by atoms with Gasteiger partial charge in [0, 0.05) is 11.0 Å². The molecule has 0 heterocycles. The van der Waals surface area contributed by atoms with Gasteiger partial charge >= 0.3 is 5.97 Å². The summed E-state index contributed by atoms with van der Waals surface area (Å²) >= 11 is 0. The minimum atomic E-state index is -0.243. The summed E-state index contributed by atoms with van der Waals surface area (Å²) in [6, 6.07) is 5.45. The van der Waals surface area contributed by atoms with E-state index in [0.717, 1.165) is 30.4 Å². The number of hydrogen-bond acceptors (Lipinski definition) is 3. The molecule has 0 saturated heterocycles. The van der Waals surface area contributed by atoms with Crippen molar-refractivity contribution in [3.05, 3.63) is 41.0 Å². The van der Waals surface area contributed by atoms with Crippen LogP contribution in [-0.4, -0.2) is 18.2 Å². The number of benzene rings is 1. The number of phenolic OH excluding ortho intramolecular Hbond substituents is 1. The van der Waals surface area contributed by atoms with Crippen LogP contribution in [0.15, 0.2) is 29.8 Å². The Labute approximate surface area is 99.7 Å². The number of rotatable bonds is 1. The maximum atomic E-state index is 11.7. The zero-order valence-electron chi connectivity index (χ0n) is 9.69. The van der Waals surface area contributed by atoms with Gasteiger partial charge in [0.25, 0.3) is 0 Å². The fourth-order valence-electron chi connectivity index (χ4n) is 3.04. The first-order valence-corrected chi connectivity index (χ1v) is 5.79. The number of fused-ring (bicyclic) bond motifs is 2. The molecule has 88 valence electrons. The smallest absolute Gasteiger partial charge is 0.334 e. The van der Waals surface area contributed by atoms with Crippen molar-refractivity contribution >= 4 is 5.97 Å². The van der Waals surface area contributed by atoms with Crippen molar-refractivity contribution in [3.8, 4) is 5.75 Å². The minimum Gasteiger partial charge on any atom is -0.508 e. The summed E-state index contributed by atoms with van der Waals surface area (Å²) in [7, 11) is 1.41. The van der Waals surface area contributed by atoms with Crippen molar-refractivity contribution in [1.29, 1.82) is 0 Å². The summed E-state index contributed by atoms with van der Waals surface area (Å²) in [5.74, 6) is 0.0218. The molecule has 0 radical (unpaired) electrons.